The van der Waals surface area contributed by atoms with Crippen LogP contribution in [0.5, 0.6) is 0 Å². The molecular formula is C12H20N2O. The van der Waals surface area contributed by atoms with Gasteiger partial charge in [0.2, 0.25) is 0 Å². The Morgan fingerprint density at radius 2 is 2.07 bits per heavy atom. The van der Waals surface area contributed by atoms with Crippen molar-refractivity contribution < 1.29 is 4.42 Å². The fourth-order valence-electron chi connectivity index (χ4n) is 2.44. The molecule has 84 valence electrons. The van der Waals surface area contributed by atoms with Gasteiger partial charge in [-0.1, -0.05) is 19.3 Å². The van der Waals surface area contributed by atoms with Crippen LogP contribution in [0.1, 0.15) is 55.4 Å². The Bertz CT molecular complexity index is 313. The third-order valence-corrected chi connectivity index (χ3v) is 3.21. The topological polar surface area (TPSA) is 52.0 Å². The molecule has 0 atom stereocenters. The maximum atomic E-state index is 5.80. The molecule has 0 amide bonds. The van der Waals surface area contributed by atoms with Gasteiger partial charge in [-0.25, -0.2) is 4.98 Å². The maximum absolute atomic E-state index is 5.80. The molecule has 15 heavy (non-hydrogen) atoms. The lowest BCUT2D eigenvalue weighted by molar-refractivity contribution is 0.359. The summed E-state index contributed by atoms with van der Waals surface area (Å²) in [6.07, 6.45) is 7.32. The molecular weight excluding hydrogens is 188 g/mol. The first kappa shape index (κ1) is 10.7. The van der Waals surface area contributed by atoms with Gasteiger partial charge in [-0.05, 0) is 19.8 Å². The van der Waals surface area contributed by atoms with Gasteiger partial charge < -0.3 is 10.2 Å². The maximum Gasteiger partial charge on any atom is 0.195 e. The van der Waals surface area contributed by atoms with E-state index in [0.29, 0.717) is 12.5 Å². The summed E-state index contributed by atoms with van der Waals surface area (Å²) in [5.41, 5.74) is 6.57. The second-order valence-corrected chi connectivity index (χ2v) is 4.43. The highest BCUT2D eigenvalue weighted by Gasteiger charge is 2.22. The summed E-state index contributed by atoms with van der Waals surface area (Å²) in [5, 5.41) is 0. The van der Waals surface area contributed by atoms with Gasteiger partial charge >= 0.3 is 0 Å². The van der Waals surface area contributed by atoms with Crippen molar-refractivity contribution >= 4 is 0 Å². The van der Waals surface area contributed by atoms with E-state index < -0.39 is 0 Å². The van der Waals surface area contributed by atoms with Gasteiger partial charge in [0.1, 0.15) is 5.76 Å². The van der Waals surface area contributed by atoms with Gasteiger partial charge in [-0.3, -0.25) is 0 Å². The average molecular weight is 208 g/mol. The predicted octanol–water partition coefficient (Wildman–Crippen LogP) is 2.53. The Balaban J connectivity index is 2.11. The molecule has 0 spiro atoms. The molecule has 1 fully saturated rings. The molecule has 3 heteroatoms. The molecule has 1 aromatic rings. The quantitative estimate of drug-likeness (QED) is 0.830. The minimum absolute atomic E-state index is 0.609. The number of nitrogens with zero attached hydrogens (tertiary/aromatic N) is 1. The molecule has 1 saturated carbocycles. The van der Waals surface area contributed by atoms with E-state index in [1.165, 1.54) is 32.1 Å². The van der Waals surface area contributed by atoms with E-state index in [-0.39, 0.29) is 0 Å². The second-order valence-electron chi connectivity index (χ2n) is 4.43. The van der Waals surface area contributed by atoms with Crippen LogP contribution in [-0.4, -0.2) is 11.5 Å². The van der Waals surface area contributed by atoms with Gasteiger partial charge in [-0.2, -0.15) is 0 Å². The van der Waals surface area contributed by atoms with E-state index in [1.807, 2.05) is 6.92 Å². The van der Waals surface area contributed by atoms with Crippen LogP contribution in [0.25, 0.3) is 0 Å². The Morgan fingerprint density at radius 1 is 1.33 bits per heavy atom. The highest BCUT2D eigenvalue weighted by Crippen LogP contribution is 2.34. The van der Waals surface area contributed by atoms with Crippen molar-refractivity contribution in [3.05, 3.63) is 17.3 Å². The van der Waals surface area contributed by atoms with Crippen molar-refractivity contribution in [1.82, 2.24) is 4.98 Å². The number of hydrogen-bond donors (Lipinski definition) is 1. The van der Waals surface area contributed by atoms with Crippen LogP contribution in [0.4, 0.5) is 0 Å². The first-order chi connectivity index (χ1) is 7.31. The summed E-state index contributed by atoms with van der Waals surface area (Å²) < 4.78 is 5.80. The summed E-state index contributed by atoms with van der Waals surface area (Å²) in [6, 6.07) is 0. The third kappa shape index (κ3) is 2.40. The van der Waals surface area contributed by atoms with E-state index in [2.05, 4.69) is 4.98 Å². The summed E-state index contributed by atoms with van der Waals surface area (Å²) in [4.78, 5) is 4.43. The smallest absolute Gasteiger partial charge is 0.195 e. The molecule has 0 saturated heterocycles. The Labute approximate surface area is 91.1 Å². The van der Waals surface area contributed by atoms with E-state index in [9.17, 15) is 0 Å². The number of aromatic nitrogens is 1. The van der Waals surface area contributed by atoms with Gasteiger partial charge in [0.15, 0.2) is 5.89 Å². The van der Waals surface area contributed by atoms with E-state index >= 15 is 0 Å². The summed E-state index contributed by atoms with van der Waals surface area (Å²) in [6.45, 7) is 2.66. The number of nitrogens with two attached hydrogens (primary N) is 1. The fraction of sp³-hybridized carbons (Fsp3) is 0.750. The molecule has 1 aromatic heterocycles. The number of rotatable bonds is 3. The van der Waals surface area contributed by atoms with Crippen molar-refractivity contribution in [1.29, 1.82) is 0 Å². The fourth-order valence-corrected chi connectivity index (χ4v) is 2.44. The lowest BCUT2D eigenvalue weighted by Gasteiger charge is -2.19. The van der Waals surface area contributed by atoms with Crippen molar-refractivity contribution in [2.75, 3.05) is 6.54 Å². The first-order valence-corrected chi connectivity index (χ1v) is 5.97. The largest absolute Gasteiger partial charge is 0.445 e. The highest BCUT2D eigenvalue weighted by atomic mass is 16.4. The molecule has 1 aliphatic rings. The van der Waals surface area contributed by atoms with Crippen LogP contribution in [0.3, 0.4) is 0 Å². The number of aryl methyl sites for hydroxylation is 1. The summed E-state index contributed by atoms with van der Waals surface area (Å²) in [5.74, 6) is 2.55. The van der Waals surface area contributed by atoms with Crippen LogP contribution >= 0.6 is 0 Å². The van der Waals surface area contributed by atoms with Gasteiger partial charge in [-0.15, -0.1) is 0 Å². The van der Waals surface area contributed by atoms with Crippen LogP contribution in [0, 0.1) is 6.92 Å². The lowest BCUT2D eigenvalue weighted by Crippen LogP contribution is -2.04. The molecule has 0 unspecified atom stereocenters. The molecule has 1 heterocycles. The van der Waals surface area contributed by atoms with Crippen molar-refractivity contribution in [3.8, 4) is 0 Å². The molecule has 0 aromatic carbocycles. The summed E-state index contributed by atoms with van der Waals surface area (Å²) in [7, 11) is 0. The van der Waals surface area contributed by atoms with E-state index in [0.717, 1.165) is 23.8 Å². The van der Waals surface area contributed by atoms with Crippen LogP contribution in [0.15, 0.2) is 4.42 Å². The zero-order chi connectivity index (χ0) is 10.7. The zero-order valence-electron chi connectivity index (χ0n) is 9.46. The minimum Gasteiger partial charge on any atom is -0.445 e. The molecule has 0 bridgehead atoms. The molecule has 3 nitrogen and oxygen atoms in total. The Morgan fingerprint density at radius 3 is 2.73 bits per heavy atom. The Hall–Kier alpha value is -0.830. The van der Waals surface area contributed by atoms with E-state index in [1.54, 1.807) is 0 Å². The van der Waals surface area contributed by atoms with Crippen LogP contribution in [0.2, 0.25) is 0 Å². The standard InChI is InChI=1S/C12H20N2O/c1-9-12(10-5-3-2-4-6-10)15-11(14-9)7-8-13/h10H,2-8,13H2,1H3. The number of oxazole rings is 1. The third-order valence-electron chi connectivity index (χ3n) is 3.21. The minimum atomic E-state index is 0.609. The van der Waals surface area contributed by atoms with Gasteiger partial charge in [0, 0.05) is 18.9 Å². The van der Waals surface area contributed by atoms with Gasteiger partial charge in [0.25, 0.3) is 0 Å². The lowest BCUT2D eigenvalue weighted by atomic mass is 9.87. The Kier molecular flexibility index (Phi) is 3.41. The zero-order valence-corrected chi connectivity index (χ0v) is 9.46. The summed E-state index contributed by atoms with van der Waals surface area (Å²) >= 11 is 0. The molecule has 0 aliphatic heterocycles. The SMILES string of the molecule is Cc1nc(CCN)oc1C1CCCCC1. The van der Waals surface area contributed by atoms with E-state index in [4.69, 9.17) is 10.2 Å². The number of hydrogen-bond acceptors (Lipinski definition) is 3. The average Bonchev–Trinajstić information content (AvgIpc) is 2.61. The normalized spacial score (nSPS) is 18.3. The van der Waals surface area contributed by atoms with Gasteiger partial charge in [0.05, 0.1) is 5.69 Å². The second kappa shape index (κ2) is 4.79. The molecule has 2 N–H and O–H groups in total. The molecule has 1 aliphatic carbocycles. The molecule has 0 radical (unpaired) electrons. The van der Waals surface area contributed by atoms with Crippen molar-refractivity contribution in [2.45, 2.75) is 51.4 Å². The monoisotopic (exact) mass is 208 g/mol. The van der Waals surface area contributed by atoms with Crippen LogP contribution < -0.4 is 5.73 Å². The first-order valence-electron chi connectivity index (χ1n) is 5.97. The predicted molar refractivity (Wildman–Crippen MR) is 59.8 cm³/mol. The van der Waals surface area contributed by atoms with Crippen molar-refractivity contribution in [3.63, 3.8) is 0 Å². The van der Waals surface area contributed by atoms with Crippen LogP contribution in [-0.2, 0) is 6.42 Å². The van der Waals surface area contributed by atoms with Crippen molar-refractivity contribution in [2.24, 2.45) is 5.73 Å². The molecule has 2 rings (SSSR count). The highest BCUT2D eigenvalue weighted by molar-refractivity contribution is 5.14.